The van der Waals surface area contributed by atoms with Crippen molar-refractivity contribution >= 4 is 28.5 Å². The Balaban J connectivity index is 2.84. The lowest BCUT2D eigenvalue weighted by molar-refractivity contribution is 1.06. The smallest absolute Gasteiger partial charge is 0.242 e. The average Bonchev–Trinajstić information content (AvgIpc) is 2.14. The van der Waals surface area contributed by atoms with Crippen LogP contribution in [0.2, 0.25) is 0 Å². The van der Waals surface area contributed by atoms with Crippen molar-refractivity contribution in [2.24, 2.45) is 0 Å². The summed E-state index contributed by atoms with van der Waals surface area (Å²) in [5, 5.41) is 9.25. The molecule has 0 aromatic carbocycles. The molecule has 5 heteroatoms. The molecular formula is C3H5IN4. The van der Waals surface area contributed by atoms with Gasteiger partial charge in [0.15, 0.2) is 3.83 Å². The first kappa shape index (κ1) is 5.80. The summed E-state index contributed by atoms with van der Waals surface area (Å²) in [5.41, 5.74) is 0. The van der Waals surface area contributed by atoms with Crippen molar-refractivity contribution in [3.8, 4) is 0 Å². The number of halogens is 1. The number of nitrogens with zero attached hydrogens (tertiary/aromatic N) is 2. The van der Waals surface area contributed by atoms with E-state index in [0.29, 0.717) is 5.95 Å². The molecule has 0 spiro atoms. The van der Waals surface area contributed by atoms with Gasteiger partial charge in [-0.1, -0.05) is 0 Å². The van der Waals surface area contributed by atoms with Crippen molar-refractivity contribution in [1.29, 1.82) is 0 Å². The Morgan fingerprint density at radius 3 is 2.75 bits per heavy atom. The largest absolute Gasteiger partial charge is 0.356 e. The Hall–Kier alpha value is -0.330. The topological polar surface area (TPSA) is 53.6 Å². The van der Waals surface area contributed by atoms with Gasteiger partial charge in [-0.3, -0.25) is 5.10 Å². The molecule has 0 unspecified atom stereocenters. The minimum atomic E-state index is 0.634. The molecule has 44 valence electrons. The predicted molar refractivity (Wildman–Crippen MR) is 38.6 cm³/mol. The summed E-state index contributed by atoms with van der Waals surface area (Å²) in [6.45, 7) is 0. The predicted octanol–water partition coefficient (Wildman–Crippen LogP) is 0.451. The SMILES string of the molecule is CNc1n[nH]c(I)n1. The normalized spacial score (nSPS) is 9.25. The lowest BCUT2D eigenvalue weighted by atomic mass is 11.0. The number of hydrogen-bond donors (Lipinski definition) is 2. The molecule has 8 heavy (non-hydrogen) atoms. The number of nitrogens with one attached hydrogen (secondary N) is 2. The van der Waals surface area contributed by atoms with Gasteiger partial charge in [-0.25, -0.2) is 0 Å². The van der Waals surface area contributed by atoms with Crippen molar-refractivity contribution in [1.82, 2.24) is 15.2 Å². The van der Waals surface area contributed by atoms with E-state index in [2.05, 4.69) is 43.1 Å². The molecule has 0 saturated heterocycles. The average molecular weight is 224 g/mol. The first-order valence-corrected chi connectivity index (χ1v) is 3.16. The maximum absolute atomic E-state index is 3.94. The molecule has 1 rings (SSSR count). The van der Waals surface area contributed by atoms with Crippen LogP contribution >= 0.6 is 22.6 Å². The van der Waals surface area contributed by atoms with E-state index in [4.69, 9.17) is 0 Å². The van der Waals surface area contributed by atoms with Crippen LogP contribution in [0.25, 0.3) is 0 Å². The fourth-order valence-corrected chi connectivity index (χ4v) is 0.703. The van der Waals surface area contributed by atoms with Gasteiger partial charge in [-0.15, -0.1) is 5.10 Å². The summed E-state index contributed by atoms with van der Waals surface area (Å²) in [6, 6.07) is 0. The van der Waals surface area contributed by atoms with Gasteiger partial charge >= 0.3 is 0 Å². The third-order valence-electron chi connectivity index (χ3n) is 0.682. The molecule has 0 atom stereocenters. The van der Waals surface area contributed by atoms with Crippen LogP contribution in [-0.2, 0) is 0 Å². The van der Waals surface area contributed by atoms with Gasteiger partial charge in [0, 0.05) is 29.6 Å². The molecule has 0 bridgehead atoms. The molecular weight excluding hydrogens is 219 g/mol. The fraction of sp³-hybridized carbons (Fsp3) is 0.333. The lowest BCUT2D eigenvalue weighted by Crippen LogP contribution is -1.88. The van der Waals surface area contributed by atoms with Gasteiger partial charge in [0.25, 0.3) is 0 Å². The highest BCUT2D eigenvalue weighted by Crippen LogP contribution is 1.97. The molecule has 0 aliphatic heterocycles. The number of rotatable bonds is 1. The van der Waals surface area contributed by atoms with E-state index >= 15 is 0 Å². The number of hydrogen-bond acceptors (Lipinski definition) is 3. The van der Waals surface area contributed by atoms with E-state index in [1.807, 2.05) is 0 Å². The minimum absolute atomic E-state index is 0.634. The molecule has 1 aromatic rings. The van der Waals surface area contributed by atoms with Crippen LogP contribution < -0.4 is 5.32 Å². The van der Waals surface area contributed by atoms with E-state index in [1.165, 1.54) is 0 Å². The summed E-state index contributed by atoms with van der Waals surface area (Å²) in [5.74, 6) is 0.634. The van der Waals surface area contributed by atoms with E-state index in [-0.39, 0.29) is 0 Å². The van der Waals surface area contributed by atoms with Crippen LogP contribution in [0.3, 0.4) is 0 Å². The third-order valence-corrected chi connectivity index (χ3v) is 1.16. The maximum atomic E-state index is 3.94. The lowest BCUT2D eigenvalue weighted by Gasteiger charge is -1.82. The number of H-pyrrole nitrogens is 1. The van der Waals surface area contributed by atoms with Gasteiger partial charge in [0.2, 0.25) is 5.95 Å². The van der Waals surface area contributed by atoms with E-state index in [0.717, 1.165) is 3.83 Å². The zero-order chi connectivity index (χ0) is 5.98. The molecule has 1 heterocycles. The quantitative estimate of drug-likeness (QED) is 0.681. The first-order chi connectivity index (χ1) is 3.83. The van der Waals surface area contributed by atoms with Crippen molar-refractivity contribution in [2.45, 2.75) is 0 Å². The Morgan fingerprint density at radius 1 is 1.75 bits per heavy atom. The molecule has 0 amide bonds. The standard InChI is InChI=1S/C3H5IN4/c1-5-3-6-2(4)7-8-3/h1H3,(H2,5,6,7,8). The Labute approximate surface area is 60.2 Å². The van der Waals surface area contributed by atoms with Gasteiger partial charge in [0.1, 0.15) is 0 Å². The Bertz CT molecular complexity index is 172. The van der Waals surface area contributed by atoms with Crippen molar-refractivity contribution in [3.63, 3.8) is 0 Å². The second-order valence-electron chi connectivity index (χ2n) is 1.20. The monoisotopic (exact) mass is 224 g/mol. The molecule has 4 nitrogen and oxygen atoms in total. The van der Waals surface area contributed by atoms with Gasteiger partial charge in [0.05, 0.1) is 0 Å². The summed E-state index contributed by atoms with van der Waals surface area (Å²) in [7, 11) is 1.78. The van der Waals surface area contributed by atoms with Gasteiger partial charge in [-0.2, -0.15) is 4.98 Å². The van der Waals surface area contributed by atoms with Crippen LogP contribution in [0.15, 0.2) is 0 Å². The van der Waals surface area contributed by atoms with Crippen LogP contribution in [0, 0.1) is 3.83 Å². The van der Waals surface area contributed by atoms with Gasteiger partial charge < -0.3 is 5.32 Å². The third kappa shape index (κ3) is 1.09. The van der Waals surface area contributed by atoms with Crippen molar-refractivity contribution < 1.29 is 0 Å². The van der Waals surface area contributed by atoms with Crippen molar-refractivity contribution in [3.05, 3.63) is 3.83 Å². The van der Waals surface area contributed by atoms with Gasteiger partial charge in [-0.05, 0) is 0 Å². The summed E-state index contributed by atoms with van der Waals surface area (Å²) in [6.07, 6.45) is 0. The molecule has 0 fully saturated rings. The van der Waals surface area contributed by atoms with E-state index in [1.54, 1.807) is 7.05 Å². The van der Waals surface area contributed by atoms with Crippen LogP contribution in [0.5, 0.6) is 0 Å². The highest BCUT2D eigenvalue weighted by molar-refractivity contribution is 14.1. The summed E-state index contributed by atoms with van der Waals surface area (Å²) < 4.78 is 0.798. The number of aromatic nitrogens is 3. The van der Waals surface area contributed by atoms with Crippen molar-refractivity contribution in [2.75, 3.05) is 12.4 Å². The Morgan fingerprint density at radius 2 is 2.50 bits per heavy atom. The van der Waals surface area contributed by atoms with Crippen LogP contribution in [-0.4, -0.2) is 22.2 Å². The number of aromatic amines is 1. The fourth-order valence-electron chi connectivity index (χ4n) is 0.354. The molecule has 2 N–H and O–H groups in total. The molecule has 1 aromatic heterocycles. The molecule has 0 radical (unpaired) electrons. The first-order valence-electron chi connectivity index (χ1n) is 2.08. The summed E-state index contributed by atoms with van der Waals surface area (Å²) >= 11 is 2.05. The van der Waals surface area contributed by atoms with E-state index < -0.39 is 0 Å². The second-order valence-corrected chi connectivity index (χ2v) is 2.22. The Kier molecular flexibility index (Phi) is 1.66. The highest BCUT2D eigenvalue weighted by atomic mass is 127. The maximum Gasteiger partial charge on any atom is 0.242 e. The number of anilines is 1. The molecule has 0 aliphatic carbocycles. The minimum Gasteiger partial charge on any atom is -0.356 e. The zero-order valence-electron chi connectivity index (χ0n) is 4.27. The zero-order valence-corrected chi connectivity index (χ0v) is 6.43. The molecule has 0 saturated carbocycles. The highest BCUT2D eigenvalue weighted by Gasteiger charge is 1.92. The summed E-state index contributed by atoms with van der Waals surface area (Å²) in [4.78, 5) is 3.94. The van der Waals surface area contributed by atoms with E-state index in [9.17, 15) is 0 Å². The van der Waals surface area contributed by atoms with Crippen LogP contribution in [0.4, 0.5) is 5.95 Å². The second kappa shape index (κ2) is 2.29. The molecule has 0 aliphatic rings. The van der Waals surface area contributed by atoms with Crippen LogP contribution in [0.1, 0.15) is 0 Å².